The molecule has 56 heavy (non-hydrogen) atoms. The number of ether oxygens (including phenoxy) is 12. The van der Waals surface area contributed by atoms with E-state index in [1.165, 1.54) is 24.2 Å². The highest BCUT2D eigenvalue weighted by Crippen LogP contribution is 2.21. The number of imide groups is 1. The fourth-order valence-corrected chi connectivity index (χ4v) is 5.06. The van der Waals surface area contributed by atoms with Crippen LogP contribution in [0.25, 0.3) is 0 Å². The Kier molecular flexibility index (Phi) is 32.5. The zero-order valence-electron chi connectivity index (χ0n) is 33.6. The predicted octanol–water partition coefficient (Wildman–Crippen LogP) is 3.37. The molecule has 2 rings (SSSR count). The van der Waals surface area contributed by atoms with Gasteiger partial charge in [-0.25, -0.2) is 0 Å². The predicted molar refractivity (Wildman–Crippen MR) is 205 cm³/mol. The molecule has 2 amide bonds. The van der Waals surface area contributed by atoms with Gasteiger partial charge < -0.3 is 56.8 Å². The summed E-state index contributed by atoms with van der Waals surface area (Å²) < 4.78 is 65.4. The summed E-state index contributed by atoms with van der Waals surface area (Å²) in [6.07, 6.45) is 6.04. The van der Waals surface area contributed by atoms with E-state index < -0.39 is 0 Å². The second-order valence-electron chi connectivity index (χ2n) is 12.4. The van der Waals surface area contributed by atoms with Gasteiger partial charge in [0.2, 0.25) is 0 Å². The number of hydrogen-bond acceptors (Lipinski definition) is 15. The molecule has 0 bridgehead atoms. The number of fused-ring (bicyclic) bond motifs is 1. The summed E-state index contributed by atoms with van der Waals surface area (Å²) in [5, 5.41) is 0. The molecule has 1 aliphatic heterocycles. The highest BCUT2D eigenvalue weighted by Gasteiger charge is 2.34. The Morgan fingerprint density at radius 1 is 0.429 bits per heavy atom. The van der Waals surface area contributed by atoms with Crippen molar-refractivity contribution >= 4 is 17.8 Å². The van der Waals surface area contributed by atoms with Gasteiger partial charge in [-0.3, -0.25) is 19.3 Å². The van der Waals surface area contributed by atoms with E-state index in [2.05, 4.69) is 6.92 Å². The number of rotatable bonds is 42. The molecule has 0 atom stereocenters. The standard InChI is InChI=1S/C40H67NO15/c1-2-3-4-5-6-11-38(42)56-35-34-55-33-32-54-31-30-53-29-28-52-27-26-51-25-24-50-23-22-49-21-20-48-19-18-47-17-16-46-15-14-45-13-12-41-39(43)36-9-7-8-10-37(36)40(41)44/h7-10H,2-6,11-35H2,1H3. The topological polar surface area (TPSA) is 165 Å². The summed E-state index contributed by atoms with van der Waals surface area (Å²) in [4.78, 5) is 37.5. The summed E-state index contributed by atoms with van der Waals surface area (Å²) >= 11 is 0. The van der Waals surface area contributed by atoms with Gasteiger partial charge in [0.15, 0.2) is 0 Å². The number of unbranched alkanes of at least 4 members (excludes halogenated alkanes) is 4. The first-order valence-electron chi connectivity index (χ1n) is 20.1. The Bertz CT molecular complexity index is 1080. The van der Waals surface area contributed by atoms with Gasteiger partial charge in [0, 0.05) is 6.42 Å². The smallest absolute Gasteiger partial charge is 0.305 e. The molecule has 0 spiro atoms. The van der Waals surface area contributed by atoms with E-state index in [4.69, 9.17) is 56.8 Å². The van der Waals surface area contributed by atoms with Gasteiger partial charge in [-0.2, -0.15) is 0 Å². The maximum absolute atomic E-state index is 12.3. The average Bonchev–Trinajstić information content (AvgIpc) is 3.45. The van der Waals surface area contributed by atoms with E-state index in [9.17, 15) is 14.4 Å². The molecule has 1 aromatic carbocycles. The summed E-state index contributed by atoms with van der Waals surface area (Å²) in [6, 6.07) is 6.81. The van der Waals surface area contributed by atoms with Crippen LogP contribution in [0.5, 0.6) is 0 Å². The lowest BCUT2D eigenvalue weighted by molar-refractivity contribution is -0.145. The molecule has 0 saturated heterocycles. The third kappa shape index (κ3) is 26.3. The van der Waals surface area contributed by atoms with Crippen LogP contribution in [-0.2, 0) is 61.6 Å². The Hall–Kier alpha value is -2.61. The van der Waals surface area contributed by atoms with E-state index in [1.807, 2.05) is 0 Å². The molecular weight excluding hydrogens is 734 g/mol. The molecule has 0 radical (unpaired) electrons. The normalized spacial score (nSPS) is 12.6. The van der Waals surface area contributed by atoms with Gasteiger partial charge in [0.25, 0.3) is 11.8 Å². The molecule has 322 valence electrons. The van der Waals surface area contributed by atoms with E-state index in [1.54, 1.807) is 24.3 Å². The van der Waals surface area contributed by atoms with Crippen LogP contribution in [0, 0.1) is 0 Å². The second-order valence-corrected chi connectivity index (χ2v) is 12.4. The van der Waals surface area contributed by atoms with E-state index in [0.717, 1.165) is 12.8 Å². The Morgan fingerprint density at radius 2 is 0.732 bits per heavy atom. The summed E-state index contributed by atoms with van der Waals surface area (Å²) in [6.45, 7) is 12.5. The molecule has 1 heterocycles. The maximum atomic E-state index is 12.3. The van der Waals surface area contributed by atoms with Gasteiger partial charge in [0.1, 0.15) is 6.61 Å². The number of esters is 1. The Labute approximate surface area is 332 Å². The van der Waals surface area contributed by atoms with Crippen molar-refractivity contribution in [3.8, 4) is 0 Å². The SMILES string of the molecule is CCCCCCCC(=O)OCCOCCOCCOCCOCCOCCOCCOCCOCCOCCOCCOCCN1C(=O)c2ccccc2C1=O. The van der Waals surface area contributed by atoms with Gasteiger partial charge >= 0.3 is 5.97 Å². The van der Waals surface area contributed by atoms with Gasteiger partial charge in [-0.05, 0) is 18.6 Å². The van der Waals surface area contributed by atoms with Crippen LogP contribution >= 0.6 is 0 Å². The molecule has 0 saturated carbocycles. The van der Waals surface area contributed by atoms with Crippen molar-refractivity contribution in [2.24, 2.45) is 0 Å². The minimum absolute atomic E-state index is 0.154. The number of nitrogens with zero attached hydrogens (tertiary/aromatic N) is 1. The monoisotopic (exact) mass is 801 g/mol. The van der Waals surface area contributed by atoms with Crippen LogP contribution in [0.1, 0.15) is 66.2 Å². The van der Waals surface area contributed by atoms with Crippen molar-refractivity contribution in [2.45, 2.75) is 45.4 Å². The van der Waals surface area contributed by atoms with Crippen LogP contribution in [-0.4, -0.2) is 181 Å². The molecule has 0 aliphatic carbocycles. The van der Waals surface area contributed by atoms with Crippen molar-refractivity contribution in [1.82, 2.24) is 4.90 Å². The minimum atomic E-state index is -0.281. The van der Waals surface area contributed by atoms with Crippen LogP contribution in [0.3, 0.4) is 0 Å². The number of benzene rings is 1. The summed E-state index contributed by atoms with van der Waals surface area (Å²) in [5.41, 5.74) is 0.878. The van der Waals surface area contributed by atoms with Crippen LogP contribution in [0.15, 0.2) is 24.3 Å². The molecule has 0 N–H and O–H groups in total. The highest BCUT2D eigenvalue weighted by molar-refractivity contribution is 6.21. The largest absolute Gasteiger partial charge is 0.463 e. The first kappa shape index (κ1) is 49.5. The van der Waals surface area contributed by atoms with Crippen LogP contribution in [0.4, 0.5) is 0 Å². The van der Waals surface area contributed by atoms with Crippen molar-refractivity contribution in [3.05, 3.63) is 35.4 Å². The maximum Gasteiger partial charge on any atom is 0.305 e. The van der Waals surface area contributed by atoms with Gasteiger partial charge in [-0.15, -0.1) is 0 Å². The fraction of sp³-hybridized carbons (Fsp3) is 0.775. The van der Waals surface area contributed by atoms with Crippen molar-refractivity contribution in [1.29, 1.82) is 0 Å². The van der Waals surface area contributed by atoms with Crippen molar-refractivity contribution in [2.75, 3.05) is 159 Å². The Balaban J connectivity index is 1.15. The second kappa shape index (κ2) is 36.7. The average molecular weight is 802 g/mol. The van der Waals surface area contributed by atoms with Gasteiger partial charge in [-0.1, -0.05) is 44.7 Å². The molecular formula is C40H67NO15. The molecule has 0 unspecified atom stereocenters. The summed E-state index contributed by atoms with van der Waals surface area (Å²) in [7, 11) is 0. The first-order chi connectivity index (χ1) is 27.6. The zero-order chi connectivity index (χ0) is 40.0. The molecule has 1 aromatic rings. The highest BCUT2D eigenvalue weighted by atomic mass is 16.6. The molecule has 1 aliphatic rings. The van der Waals surface area contributed by atoms with Crippen LogP contribution in [0.2, 0.25) is 0 Å². The number of carbonyl (C=O) groups is 3. The lowest BCUT2D eigenvalue weighted by atomic mass is 10.1. The number of hydrogen-bond donors (Lipinski definition) is 0. The first-order valence-corrected chi connectivity index (χ1v) is 20.1. The van der Waals surface area contributed by atoms with E-state index in [0.29, 0.717) is 156 Å². The van der Waals surface area contributed by atoms with Crippen LogP contribution < -0.4 is 0 Å². The zero-order valence-corrected chi connectivity index (χ0v) is 33.6. The molecule has 0 fully saturated rings. The van der Waals surface area contributed by atoms with Gasteiger partial charge in [0.05, 0.1) is 163 Å². The lowest BCUT2D eigenvalue weighted by Crippen LogP contribution is -2.33. The minimum Gasteiger partial charge on any atom is -0.463 e. The summed E-state index contributed by atoms with van der Waals surface area (Å²) in [5.74, 6) is -0.715. The molecule has 0 aromatic heterocycles. The lowest BCUT2D eigenvalue weighted by Gasteiger charge is -2.13. The van der Waals surface area contributed by atoms with Crippen molar-refractivity contribution < 1.29 is 71.2 Å². The fourth-order valence-electron chi connectivity index (χ4n) is 5.06. The molecule has 16 heteroatoms. The van der Waals surface area contributed by atoms with Crippen molar-refractivity contribution in [3.63, 3.8) is 0 Å². The third-order valence-electron chi connectivity index (χ3n) is 8.03. The van der Waals surface area contributed by atoms with E-state index in [-0.39, 0.29) is 37.5 Å². The quantitative estimate of drug-likeness (QED) is 0.0537. The van der Waals surface area contributed by atoms with E-state index >= 15 is 0 Å². The number of amides is 2. The number of carbonyl (C=O) groups excluding carboxylic acids is 3. The third-order valence-corrected chi connectivity index (χ3v) is 8.03. The Morgan fingerprint density at radius 3 is 1.07 bits per heavy atom. The molecule has 16 nitrogen and oxygen atoms in total.